The van der Waals surface area contributed by atoms with Crippen LogP contribution in [0.1, 0.15) is 44.1 Å². The maximum Gasteiger partial charge on any atom is 0.0697 e. The van der Waals surface area contributed by atoms with Gasteiger partial charge in [-0.15, -0.1) is 0 Å². The van der Waals surface area contributed by atoms with Gasteiger partial charge in [0, 0.05) is 25.0 Å². The molecule has 3 rings (SSSR count). The number of nitrogens with zero attached hydrogens (tertiary/aromatic N) is 1. The van der Waals surface area contributed by atoms with Gasteiger partial charge in [-0.3, -0.25) is 4.98 Å². The summed E-state index contributed by atoms with van der Waals surface area (Å²) in [6, 6.07) is 4.85. The second-order valence-electron chi connectivity index (χ2n) is 5.99. The maximum absolute atomic E-state index is 6.07. The van der Waals surface area contributed by atoms with Gasteiger partial charge in [0.2, 0.25) is 0 Å². The molecule has 3 nitrogen and oxygen atoms in total. The molecule has 1 aliphatic heterocycles. The van der Waals surface area contributed by atoms with Crippen LogP contribution in [0.15, 0.2) is 24.5 Å². The van der Waals surface area contributed by atoms with E-state index >= 15 is 0 Å². The Morgan fingerprint density at radius 2 is 2.05 bits per heavy atom. The van der Waals surface area contributed by atoms with E-state index in [4.69, 9.17) is 4.74 Å². The van der Waals surface area contributed by atoms with Crippen molar-refractivity contribution < 1.29 is 4.74 Å². The van der Waals surface area contributed by atoms with Crippen LogP contribution in [0.5, 0.6) is 0 Å². The van der Waals surface area contributed by atoms with Crippen molar-refractivity contribution in [3.05, 3.63) is 30.1 Å². The van der Waals surface area contributed by atoms with E-state index in [0.29, 0.717) is 6.04 Å². The highest BCUT2D eigenvalue weighted by molar-refractivity contribution is 5.10. The molecule has 0 amide bonds. The minimum Gasteiger partial charge on any atom is -0.375 e. The van der Waals surface area contributed by atoms with Gasteiger partial charge in [0.1, 0.15) is 0 Å². The van der Waals surface area contributed by atoms with Gasteiger partial charge in [0.05, 0.1) is 5.60 Å². The summed E-state index contributed by atoms with van der Waals surface area (Å²) in [5.41, 5.74) is 1.59. The number of hydrogen-bond donors (Lipinski definition) is 1. The number of nitrogens with one attached hydrogen (secondary N) is 1. The number of pyridine rings is 1. The Labute approximate surface area is 115 Å². The molecule has 0 bridgehead atoms. The molecule has 1 aromatic rings. The molecule has 0 aromatic carbocycles. The van der Waals surface area contributed by atoms with E-state index in [1.54, 1.807) is 0 Å². The average Bonchev–Trinajstić information content (AvgIpc) is 2.88. The van der Waals surface area contributed by atoms with Crippen LogP contribution in [0.4, 0.5) is 0 Å². The monoisotopic (exact) mass is 260 g/mol. The van der Waals surface area contributed by atoms with Crippen LogP contribution in [0.3, 0.4) is 0 Å². The third-order valence-corrected chi connectivity index (χ3v) is 4.60. The minimum absolute atomic E-state index is 0.229. The lowest BCUT2D eigenvalue weighted by Crippen LogP contribution is -2.46. The number of hydrogen-bond acceptors (Lipinski definition) is 3. The first-order valence-electron chi connectivity index (χ1n) is 7.63. The molecule has 1 saturated heterocycles. The minimum atomic E-state index is 0.229. The predicted molar refractivity (Wildman–Crippen MR) is 76.1 cm³/mol. The lowest BCUT2D eigenvalue weighted by atomic mass is 9.89. The summed E-state index contributed by atoms with van der Waals surface area (Å²) in [5, 5.41) is 3.72. The van der Waals surface area contributed by atoms with Crippen molar-refractivity contribution in [1.82, 2.24) is 10.3 Å². The average molecular weight is 260 g/mol. The van der Waals surface area contributed by atoms with Crippen molar-refractivity contribution >= 4 is 0 Å². The largest absolute Gasteiger partial charge is 0.375 e. The summed E-state index contributed by atoms with van der Waals surface area (Å²) in [6.45, 7) is 2.00. The van der Waals surface area contributed by atoms with Gasteiger partial charge in [-0.2, -0.15) is 0 Å². The number of ether oxygens (including phenoxy) is 1. The molecule has 1 aromatic heterocycles. The number of rotatable bonds is 4. The van der Waals surface area contributed by atoms with Crippen molar-refractivity contribution in [2.45, 2.75) is 56.6 Å². The van der Waals surface area contributed by atoms with Gasteiger partial charge >= 0.3 is 0 Å². The highest BCUT2D eigenvalue weighted by Gasteiger charge is 2.39. The van der Waals surface area contributed by atoms with Gasteiger partial charge in [-0.25, -0.2) is 0 Å². The molecule has 1 saturated carbocycles. The SMILES string of the molecule is c1cc(CCNC2CCOC3(CCCC3)C2)ccn1. The van der Waals surface area contributed by atoms with E-state index in [0.717, 1.165) is 26.0 Å². The molecule has 1 spiro atoms. The third kappa shape index (κ3) is 3.34. The van der Waals surface area contributed by atoms with E-state index in [-0.39, 0.29) is 5.60 Å². The third-order valence-electron chi connectivity index (χ3n) is 4.60. The van der Waals surface area contributed by atoms with Crippen molar-refractivity contribution in [2.24, 2.45) is 0 Å². The smallest absolute Gasteiger partial charge is 0.0697 e. The standard InChI is InChI=1S/C16H24N2O/c1-2-8-16(7-1)13-15(6-12-19-16)18-11-5-14-3-9-17-10-4-14/h3-4,9-10,15,18H,1-2,5-8,11-13H2. The Morgan fingerprint density at radius 3 is 2.84 bits per heavy atom. The predicted octanol–water partition coefficient (Wildman–Crippen LogP) is 2.71. The first-order chi connectivity index (χ1) is 9.36. The first-order valence-corrected chi connectivity index (χ1v) is 7.63. The van der Waals surface area contributed by atoms with E-state index in [1.165, 1.54) is 37.7 Å². The van der Waals surface area contributed by atoms with Crippen LogP contribution in [0.25, 0.3) is 0 Å². The zero-order valence-corrected chi connectivity index (χ0v) is 11.6. The molecule has 2 heterocycles. The van der Waals surface area contributed by atoms with Crippen molar-refractivity contribution in [3.8, 4) is 0 Å². The molecular formula is C16H24N2O. The van der Waals surface area contributed by atoms with Crippen LogP contribution < -0.4 is 5.32 Å². The van der Waals surface area contributed by atoms with Crippen LogP contribution in [-0.4, -0.2) is 29.8 Å². The first kappa shape index (κ1) is 13.1. The summed E-state index contributed by atoms with van der Waals surface area (Å²) in [5.74, 6) is 0. The van der Waals surface area contributed by atoms with Crippen LogP contribution in [0, 0.1) is 0 Å². The van der Waals surface area contributed by atoms with Crippen LogP contribution >= 0.6 is 0 Å². The molecule has 1 unspecified atom stereocenters. The summed E-state index contributed by atoms with van der Waals surface area (Å²) in [6.07, 6.45) is 12.5. The molecule has 1 aliphatic carbocycles. The summed E-state index contributed by atoms with van der Waals surface area (Å²) in [7, 11) is 0. The van der Waals surface area contributed by atoms with E-state index in [2.05, 4.69) is 22.4 Å². The zero-order chi connectivity index (χ0) is 13.0. The molecule has 19 heavy (non-hydrogen) atoms. The highest BCUT2D eigenvalue weighted by Crippen LogP contribution is 2.39. The fourth-order valence-corrected chi connectivity index (χ4v) is 3.54. The molecule has 0 radical (unpaired) electrons. The lowest BCUT2D eigenvalue weighted by Gasteiger charge is -2.38. The summed E-state index contributed by atoms with van der Waals surface area (Å²) in [4.78, 5) is 4.05. The fraction of sp³-hybridized carbons (Fsp3) is 0.688. The summed E-state index contributed by atoms with van der Waals surface area (Å²) >= 11 is 0. The topological polar surface area (TPSA) is 34.1 Å². The van der Waals surface area contributed by atoms with E-state index < -0.39 is 0 Å². The van der Waals surface area contributed by atoms with Gasteiger partial charge in [0.15, 0.2) is 0 Å². The maximum atomic E-state index is 6.07. The van der Waals surface area contributed by atoms with Gasteiger partial charge < -0.3 is 10.1 Å². The van der Waals surface area contributed by atoms with E-state index in [1.807, 2.05) is 12.4 Å². The zero-order valence-electron chi connectivity index (χ0n) is 11.6. The number of aromatic nitrogens is 1. The molecule has 3 heteroatoms. The Morgan fingerprint density at radius 1 is 1.26 bits per heavy atom. The molecule has 104 valence electrons. The van der Waals surface area contributed by atoms with Crippen LogP contribution in [-0.2, 0) is 11.2 Å². The van der Waals surface area contributed by atoms with Crippen molar-refractivity contribution in [1.29, 1.82) is 0 Å². The van der Waals surface area contributed by atoms with Gasteiger partial charge in [-0.05, 0) is 56.3 Å². The normalized spacial score (nSPS) is 25.8. The Hall–Kier alpha value is -0.930. The Bertz CT molecular complexity index is 387. The highest BCUT2D eigenvalue weighted by atomic mass is 16.5. The van der Waals surface area contributed by atoms with Gasteiger partial charge in [0.25, 0.3) is 0 Å². The second-order valence-corrected chi connectivity index (χ2v) is 5.99. The van der Waals surface area contributed by atoms with Crippen molar-refractivity contribution in [3.63, 3.8) is 0 Å². The quantitative estimate of drug-likeness (QED) is 0.904. The molecule has 2 fully saturated rings. The molecule has 1 atom stereocenters. The second kappa shape index (κ2) is 6.02. The lowest BCUT2D eigenvalue weighted by molar-refractivity contribution is -0.0834. The fourth-order valence-electron chi connectivity index (χ4n) is 3.54. The molecule has 1 N–H and O–H groups in total. The van der Waals surface area contributed by atoms with Crippen LogP contribution in [0.2, 0.25) is 0 Å². The Kier molecular flexibility index (Phi) is 4.14. The molecule has 2 aliphatic rings. The Balaban J connectivity index is 1.45. The molecular weight excluding hydrogens is 236 g/mol. The van der Waals surface area contributed by atoms with E-state index in [9.17, 15) is 0 Å². The van der Waals surface area contributed by atoms with Gasteiger partial charge in [-0.1, -0.05) is 12.8 Å². The summed E-state index contributed by atoms with van der Waals surface area (Å²) < 4.78 is 6.07. The van der Waals surface area contributed by atoms with Crippen molar-refractivity contribution in [2.75, 3.05) is 13.2 Å².